The Bertz CT molecular complexity index is 1680. The van der Waals surface area contributed by atoms with Crippen LogP contribution in [0.4, 0.5) is 0 Å². The van der Waals surface area contributed by atoms with Crippen LogP contribution in [0, 0.1) is 11.8 Å². The lowest BCUT2D eigenvalue weighted by molar-refractivity contribution is -0.172. The van der Waals surface area contributed by atoms with Crippen LogP contribution in [0.25, 0.3) is 22.3 Å². The lowest BCUT2D eigenvalue weighted by Gasteiger charge is -2.31. The largest absolute Gasteiger partial charge is 0.458 e. The van der Waals surface area contributed by atoms with Gasteiger partial charge in [0.05, 0.1) is 29.0 Å². The normalized spacial score (nSPS) is 17.7. The Morgan fingerprint density at radius 3 is 2.60 bits per heavy atom. The minimum atomic E-state index is -1.83. The quantitative estimate of drug-likeness (QED) is 0.287. The van der Waals surface area contributed by atoms with Gasteiger partial charge >= 0.3 is 5.97 Å². The van der Waals surface area contributed by atoms with E-state index in [9.17, 15) is 14.7 Å². The first-order valence-electron chi connectivity index (χ1n) is 11.3. The van der Waals surface area contributed by atoms with Crippen LogP contribution in [-0.2, 0) is 28.3 Å². The number of fused-ring (bicyclic) bond motifs is 5. The highest BCUT2D eigenvalue weighted by Crippen LogP contribution is 2.38. The zero-order valence-corrected chi connectivity index (χ0v) is 19.5. The molecule has 1 atom stereocenters. The molecule has 0 radical (unpaired) electrons. The standard InChI is InChI=1S/C28H19ClN2O4/c1-2-28(34)22-13-24-25-19(14-31(24)26(32)21(22)15-35-27(28)33)12-18-11-17(7-10-23(18)30-25)4-3-16-5-8-20(29)9-6-16/h5-13,34H,2,14-15H2,1H3/t28-/m0/s1. The van der Waals surface area contributed by atoms with E-state index in [1.165, 1.54) is 0 Å². The molecule has 6 nitrogen and oxygen atoms in total. The maximum absolute atomic E-state index is 13.3. The molecule has 1 N–H and O–H groups in total. The number of esters is 1. The molecule has 172 valence electrons. The number of ether oxygens (including phenoxy) is 1. The zero-order valence-electron chi connectivity index (χ0n) is 18.8. The van der Waals surface area contributed by atoms with Gasteiger partial charge in [0.1, 0.15) is 6.61 Å². The minimum Gasteiger partial charge on any atom is -0.458 e. The molecule has 0 spiro atoms. The van der Waals surface area contributed by atoms with Crippen LogP contribution in [-0.4, -0.2) is 20.6 Å². The smallest absolute Gasteiger partial charge is 0.343 e. The van der Waals surface area contributed by atoms with Crippen molar-refractivity contribution in [3.05, 3.63) is 97.8 Å². The van der Waals surface area contributed by atoms with E-state index >= 15 is 0 Å². The topological polar surface area (TPSA) is 81.4 Å². The molecule has 0 bridgehead atoms. The first kappa shape index (κ1) is 21.6. The predicted molar refractivity (Wildman–Crippen MR) is 132 cm³/mol. The number of halogens is 1. The molecule has 2 aliphatic heterocycles. The monoisotopic (exact) mass is 482 g/mol. The third-order valence-electron chi connectivity index (χ3n) is 6.70. The summed E-state index contributed by atoms with van der Waals surface area (Å²) in [5, 5.41) is 12.6. The van der Waals surface area contributed by atoms with Gasteiger partial charge in [-0.25, -0.2) is 9.78 Å². The Balaban J connectivity index is 1.44. The van der Waals surface area contributed by atoms with Crippen molar-refractivity contribution in [2.75, 3.05) is 0 Å². The van der Waals surface area contributed by atoms with Crippen LogP contribution in [0.5, 0.6) is 0 Å². The van der Waals surface area contributed by atoms with E-state index in [0.717, 1.165) is 27.6 Å². The fraction of sp³-hybridized carbons (Fsp3) is 0.179. The van der Waals surface area contributed by atoms with Crippen molar-refractivity contribution in [1.82, 2.24) is 9.55 Å². The summed E-state index contributed by atoms with van der Waals surface area (Å²) in [5.74, 6) is 5.58. The zero-order chi connectivity index (χ0) is 24.3. The molecule has 2 aliphatic rings. The second-order valence-corrected chi connectivity index (χ2v) is 9.20. The first-order chi connectivity index (χ1) is 16.9. The fourth-order valence-electron chi connectivity index (χ4n) is 4.74. The molecule has 7 heteroatoms. The molecular formula is C28H19ClN2O4. The highest BCUT2D eigenvalue weighted by atomic mass is 35.5. The second kappa shape index (κ2) is 7.81. The number of pyridine rings is 2. The average molecular weight is 483 g/mol. The second-order valence-electron chi connectivity index (χ2n) is 8.76. The number of hydrogen-bond donors (Lipinski definition) is 1. The molecule has 2 aromatic carbocycles. The first-order valence-corrected chi connectivity index (χ1v) is 11.6. The van der Waals surface area contributed by atoms with Crippen molar-refractivity contribution >= 4 is 28.5 Å². The van der Waals surface area contributed by atoms with Crippen LogP contribution in [0.15, 0.2) is 59.4 Å². The number of rotatable bonds is 1. The van der Waals surface area contributed by atoms with Crippen LogP contribution in [0.1, 0.15) is 41.2 Å². The molecule has 4 aromatic rings. The van der Waals surface area contributed by atoms with Gasteiger partial charge in [0.25, 0.3) is 5.56 Å². The van der Waals surface area contributed by atoms with E-state index < -0.39 is 11.6 Å². The van der Waals surface area contributed by atoms with Crippen molar-refractivity contribution in [2.45, 2.75) is 32.1 Å². The number of aliphatic hydroxyl groups is 1. The van der Waals surface area contributed by atoms with Gasteiger partial charge in [0.2, 0.25) is 0 Å². The van der Waals surface area contributed by atoms with Crippen LogP contribution in [0.3, 0.4) is 0 Å². The van der Waals surface area contributed by atoms with Crippen molar-refractivity contribution in [3.63, 3.8) is 0 Å². The summed E-state index contributed by atoms with van der Waals surface area (Å²) in [6.07, 6.45) is 0.111. The molecule has 0 saturated carbocycles. The molecule has 35 heavy (non-hydrogen) atoms. The molecule has 0 amide bonds. The van der Waals surface area contributed by atoms with E-state index in [2.05, 4.69) is 11.8 Å². The molecule has 0 aliphatic carbocycles. The number of nitrogens with zero attached hydrogens (tertiary/aromatic N) is 2. The third-order valence-corrected chi connectivity index (χ3v) is 6.95. The number of carbonyl (C=O) groups excluding carboxylic acids is 1. The highest BCUT2D eigenvalue weighted by Gasteiger charge is 2.45. The molecule has 2 aromatic heterocycles. The van der Waals surface area contributed by atoms with Gasteiger partial charge in [-0.3, -0.25) is 4.79 Å². The number of carbonyl (C=O) groups is 1. The molecule has 4 heterocycles. The Morgan fingerprint density at radius 1 is 1.09 bits per heavy atom. The van der Waals surface area contributed by atoms with Gasteiger partial charge < -0.3 is 14.4 Å². The third kappa shape index (κ3) is 3.35. The van der Waals surface area contributed by atoms with E-state index in [-0.39, 0.29) is 18.6 Å². The highest BCUT2D eigenvalue weighted by molar-refractivity contribution is 6.30. The van der Waals surface area contributed by atoms with Gasteiger partial charge in [-0.1, -0.05) is 30.4 Å². The van der Waals surface area contributed by atoms with Gasteiger partial charge in [0, 0.05) is 32.7 Å². The Kier molecular flexibility index (Phi) is 4.82. The number of hydrogen-bond acceptors (Lipinski definition) is 5. The van der Waals surface area contributed by atoms with Gasteiger partial charge in [-0.15, -0.1) is 0 Å². The molecule has 6 rings (SSSR count). The maximum atomic E-state index is 13.3. The van der Waals surface area contributed by atoms with Crippen molar-refractivity contribution in [2.24, 2.45) is 0 Å². The molecular weight excluding hydrogens is 464 g/mol. The number of aromatic nitrogens is 2. The molecule has 0 saturated heterocycles. The van der Waals surface area contributed by atoms with E-state index in [4.69, 9.17) is 21.3 Å². The van der Waals surface area contributed by atoms with Gasteiger partial charge in [0.15, 0.2) is 5.60 Å². The van der Waals surface area contributed by atoms with Crippen LogP contribution in [0.2, 0.25) is 5.02 Å². The van der Waals surface area contributed by atoms with Crippen molar-refractivity contribution in [1.29, 1.82) is 0 Å². The Morgan fingerprint density at radius 2 is 1.83 bits per heavy atom. The summed E-state index contributed by atoms with van der Waals surface area (Å²) < 4.78 is 6.76. The summed E-state index contributed by atoms with van der Waals surface area (Å²) in [6, 6.07) is 16.9. The van der Waals surface area contributed by atoms with Crippen LogP contribution < -0.4 is 5.56 Å². The fourth-order valence-corrected chi connectivity index (χ4v) is 4.87. The van der Waals surface area contributed by atoms with Crippen LogP contribution >= 0.6 is 11.6 Å². The predicted octanol–water partition coefficient (Wildman–Crippen LogP) is 4.13. The minimum absolute atomic E-state index is 0.111. The Hall–Kier alpha value is -3.92. The van der Waals surface area contributed by atoms with Gasteiger partial charge in [-0.05, 0) is 61.0 Å². The van der Waals surface area contributed by atoms with Crippen molar-refractivity contribution in [3.8, 4) is 23.2 Å². The Labute approximate surface area is 205 Å². The summed E-state index contributed by atoms with van der Waals surface area (Å²) in [6.45, 7) is 1.91. The molecule has 0 unspecified atom stereocenters. The van der Waals surface area contributed by atoms with Crippen molar-refractivity contribution < 1.29 is 14.6 Å². The maximum Gasteiger partial charge on any atom is 0.343 e. The lowest BCUT2D eigenvalue weighted by Crippen LogP contribution is -2.44. The number of cyclic esters (lactones) is 1. The number of benzene rings is 2. The summed E-state index contributed by atoms with van der Waals surface area (Å²) in [4.78, 5) is 30.4. The SMILES string of the molecule is CC[C@@]1(O)C(=O)OCc2c1cc1n(c2=O)Cc2cc3cc(C#Cc4ccc(Cl)cc4)ccc3nc2-1. The van der Waals surface area contributed by atoms with E-state index in [1.807, 2.05) is 36.4 Å². The summed E-state index contributed by atoms with van der Waals surface area (Å²) in [5.41, 5.74) is 3.18. The van der Waals surface area contributed by atoms with E-state index in [1.54, 1.807) is 29.7 Å². The summed E-state index contributed by atoms with van der Waals surface area (Å²) >= 11 is 5.94. The average Bonchev–Trinajstić information content (AvgIpc) is 3.22. The van der Waals surface area contributed by atoms with Gasteiger partial charge in [-0.2, -0.15) is 0 Å². The summed E-state index contributed by atoms with van der Waals surface area (Å²) in [7, 11) is 0. The lowest BCUT2D eigenvalue weighted by atomic mass is 9.86. The molecule has 0 fully saturated rings. The van der Waals surface area contributed by atoms with E-state index in [0.29, 0.717) is 34.1 Å².